The molecule has 0 saturated carbocycles. The highest BCUT2D eigenvalue weighted by Gasteiger charge is 2.38. The van der Waals surface area contributed by atoms with Crippen LogP contribution in [-0.2, 0) is 10.0 Å². The SMILES string of the molecule is O=S(=O)(Nc1cccc(Cl)c1)c1ccc2c(c1)[C@H]1C=CC[C@H]1[C@@H](c1ccccc1)N2. The zero-order chi connectivity index (χ0) is 20.7. The Kier molecular flexibility index (Phi) is 4.80. The van der Waals surface area contributed by atoms with Crippen LogP contribution >= 0.6 is 11.6 Å². The lowest BCUT2D eigenvalue weighted by molar-refractivity contribution is 0.425. The van der Waals surface area contributed by atoms with Crippen molar-refractivity contribution < 1.29 is 8.42 Å². The molecule has 3 aromatic carbocycles. The van der Waals surface area contributed by atoms with Crippen molar-refractivity contribution in [2.75, 3.05) is 10.0 Å². The molecule has 0 amide bonds. The molecule has 0 spiro atoms. The molecule has 0 bridgehead atoms. The Morgan fingerprint density at radius 3 is 2.60 bits per heavy atom. The number of anilines is 2. The van der Waals surface area contributed by atoms with Crippen LogP contribution in [0.1, 0.15) is 29.5 Å². The molecule has 2 aliphatic rings. The van der Waals surface area contributed by atoms with Crippen LogP contribution in [0.5, 0.6) is 0 Å². The number of nitrogens with one attached hydrogen (secondary N) is 2. The largest absolute Gasteiger partial charge is 0.378 e. The van der Waals surface area contributed by atoms with E-state index in [1.165, 1.54) is 5.56 Å². The van der Waals surface area contributed by atoms with Crippen LogP contribution in [0.3, 0.4) is 0 Å². The van der Waals surface area contributed by atoms with Crippen molar-refractivity contribution in [3.05, 3.63) is 101 Å². The summed E-state index contributed by atoms with van der Waals surface area (Å²) in [5.74, 6) is 0.548. The van der Waals surface area contributed by atoms with Gasteiger partial charge < -0.3 is 5.32 Å². The minimum Gasteiger partial charge on any atom is -0.378 e. The first-order chi connectivity index (χ1) is 14.5. The highest BCUT2D eigenvalue weighted by atomic mass is 35.5. The molecule has 5 rings (SSSR count). The molecule has 2 N–H and O–H groups in total. The van der Waals surface area contributed by atoms with Crippen LogP contribution in [0.25, 0.3) is 0 Å². The number of benzene rings is 3. The molecule has 0 saturated heterocycles. The molecule has 152 valence electrons. The predicted molar refractivity (Wildman–Crippen MR) is 121 cm³/mol. The summed E-state index contributed by atoms with van der Waals surface area (Å²) >= 11 is 5.99. The van der Waals surface area contributed by atoms with Crippen LogP contribution in [-0.4, -0.2) is 8.42 Å². The lowest BCUT2D eigenvalue weighted by atomic mass is 9.77. The summed E-state index contributed by atoms with van der Waals surface area (Å²) in [4.78, 5) is 0.250. The fraction of sp³-hybridized carbons (Fsp3) is 0.167. The van der Waals surface area contributed by atoms with E-state index in [2.05, 4.69) is 46.5 Å². The van der Waals surface area contributed by atoms with Crippen LogP contribution in [0, 0.1) is 5.92 Å². The van der Waals surface area contributed by atoms with Crippen molar-refractivity contribution in [2.45, 2.75) is 23.3 Å². The smallest absolute Gasteiger partial charge is 0.261 e. The van der Waals surface area contributed by atoms with E-state index in [0.717, 1.165) is 17.7 Å². The van der Waals surface area contributed by atoms with E-state index >= 15 is 0 Å². The van der Waals surface area contributed by atoms with Crippen LogP contribution in [0.4, 0.5) is 11.4 Å². The molecule has 0 unspecified atom stereocenters. The molecule has 1 aliphatic carbocycles. The highest BCUT2D eigenvalue weighted by molar-refractivity contribution is 7.92. The molecule has 3 atom stereocenters. The molecular weight excluding hydrogens is 416 g/mol. The summed E-state index contributed by atoms with van der Waals surface area (Å²) in [6.07, 6.45) is 5.38. The molecule has 0 aromatic heterocycles. The molecule has 4 nitrogen and oxygen atoms in total. The van der Waals surface area contributed by atoms with Crippen molar-refractivity contribution in [1.82, 2.24) is 0 Å². The summed E-state index contributed by atoms with van der Waals surface area (Å²) in [6.45, 7) is 0. The van der Waals surface area contributed by atoms with Gasteiger partial charge in [0.1, 0.15) is 0 Å². The molecule has 30 heavy (non-hydrogen) atoms. The van der Waals surface area contributed by atoms with Gasteiger partial charge in [-0.25, -0.2) is 8.42 Å². The van der Waals surface area contributed by atoms with Gasteiger partial charge in [-0.1, -0.05) is 60.2 Å². The van der Waals surface area contributed by atoms with Gasteiger partial charge in [-0.3, -0.25) is 4.72 Å². The second kappa shape index (κ2) is 7.49. The Hall–Kier alpha value is -2.76. The van der Waals surface area contributed by atoms with Gasteiger partial charge in [0.2, 0.25) is 0 Å². The summed E-state index contributed by atoms with van der Waals surface area (Å²) in [5.41, 5.74) is 3.70. The maximum absolute atomic E-state index is 13.0. The van der Waals surface area contributed by atoms with Gasteiger partial charge in [0.15, 0.2) is 0 Å². The minimum atomic E-state index is -3.72. The number of allylic oxidation sites excluding steroid dienone is 2. The van der Waals surface area contributed by atoms with Gasteiger partial charge in [0, 0.05) is 16.6 Å². The van der Waals surface area contributed by atoms with E-state index in [9.17, 15) is 8.42 Å². The molecule has 0 radical (unpaired) electrons. The zero-order valence-corrected chi connectivity index (χ0v) is 17.7. The standard InChI is InChI=1S/C24H21ClN2O2S/c25-17-8-4-9-18(14-17)27-30(28,29)19-12-13-23-22(15-19)20-10-5-11-21(20)24(26-23)16-6-2-1-3-7-16/h1-10,12-15,20-21,24,26-27H,11H2/t20-,21+,24+/m0/s1. The second-order valence-electron chi connectivity index (χ2n) is 7.75. The monoisotopic (exact) mass is 436 g/mol. The summed E-state index contributed by atoms with van der Waals surface area (Å²) in [6, 6.07) is 22.7. The Bertz CT molecular complexity index is 1220. The van der Waals surface area contributed by atoms with Gasteiger partial charge >= 0.3 is 0 Å². The van der Waals surface area contributed by atoms with Gasteiger partial charge in [-0.15, -0.1) is 0 Å². The number of halogens is 1. The topological polar surface area (TPSA) is 58.2 Å². The third kappa shape index (κ3) is 3.48. The zero-order valence-electron chi connectivity index (χ0n) is 16.1. The van der Waals surface area contributed by atoms with E-state index in [-0.39, 0.29) is 16.9 Å². The lowest BCUT2D eigenvalue weighted by Gasteiger charge is -2.37. The Balaban J connectivity index is 1.50. The summed E-state index contributed by atoms with van der Waals surface area (Å²) < 4.78 is 28.6. The first-order valence-corrected chi connectivity index (χ1v) is 11.8. The number of sulfonamides is 1. The van der Waals surface area contributed by atoms with Gasteiger partial charge in [-0.05, 0) is 59.9 Å². The molecule has 0 fully saturated rings. The van der Waals surface area contributed by atoms with Gasteiger partial charge in [0.25, 0.3) is 10.0 Å². The van der Waals surface area contributed by atoms with Gasteiger partial charge in [-0.2, -0.15) is 0 Å². The Morgan fingerprint density at radius 1 is 0.967 bits per heavy atom. The van der Waals surface area contributed by atoms with E-state index in [1.54, 1.807) is 36.4 Å². The normalized spacial score (nSPS) is 22.1. The highest BCUT2D eigenvalue weighted by Crippen LogP contribution is 2.50. The van der Waals surface area contributed by atoms with E-state index < -0.39 is 10.0 Å². The van der Waals surface area contributed by atoms with Crippen LogP contribution < -0.4 is 10.0 Å². The van der Waals surface area contributed by atoms with Gasteiger partial charge in [0.05, 0.1) is 16.6 Å². The van der Waals surface area contributed by atoms with Crippen LogP contribution in [0.15, 0.2) is 89.8 Å². The number of hydrogen-bond donors (Lipinski definition) is 2. The molecular formula is C24H21ClN2O2S. The molecule has 1 aliphatic heterocycles. The second-order valence-corrected chi connectivity index (χ2v) is 9.87. The van der Waals surface area contributed by atoms with Crippen molar-refractivity contribution in [3.63, 3.8) is 0 Å². The lowest BCUT2D eigenvalue weighted by Crippen LogP contribution is -2.29. The third-order valence-corrected chi connectivity index (χ3v) is 7.49. The average Bonchev–Trinajstić information content (AvgIpc) is 3.23. The fourth-order valence-corrected chi connectivity index (χ4v) is 5.77. The number of hydrogen-bond acceptors (Lipinski definition) is 3. The Morgan fingerprint density at radius 2 is 1.80 bits per heavy atom. The van der Waals surface area contributed by atoms with E-state index in [1.807, 2.05) is 12.1 Å². The average molecular weight is 437 g/mol. The maximum Gasteiger partial charge on any atom is 0.261 e. The predicted octanol–water partition coefficient (Wildman–Crippen LogP) is 5.97. The quantitative estimate of drug-likeness (QED) is 0.495. The summed E-state index contributed by atoms with van der Waals surface area (Å²) in [7, 11) is -3.72. The van der Waals surface area contributed by atoms with Crippen molar-refractivity contribution in [1.29, 1.82) is 0 Å². The van der Waals surface area contributed by atoms with Crippen LogP contribution in [0.2, 0.25) is 5.02 Å². The minimum absolute atomic E-state index is 0.188. The van der Waals surface area contributed by atoms with E-state index in [0.29, 0.717) is 16.6 Å². The third-order valence-electron chi connectivity index (χ3n) is 5.88. The summed E-state index contributed by atoms with van der Waals surface area (Å²) in [5, 5.41) is 4.13. The first kappa shape index (κ1) is 19.2. The number of fused-ring (bicyclic) bond motifs is 3. The molecule has 6 heteroatoms. The van der Waals surface area contributed by atoms with E-state index in [4.69, 9.17) is 11.6 Å². The molecule has 3 aromatic rings. The molecule has 1 heterocycles. The Labute approximate surface area is 181 Å². The van der Waals surface area contributed by atoms with Crippen molar-refractivity contribution in [3.8, 4) is 0 Å². The fourth-order valence-electron chi connectivity index (χ4n) is 4.50. The van der Waals surface area contributed by atoms with Crippen molar-refractivity contribution in [2.24, 2.45) is 5.92 Å². The maximum atomic E-state index is 13.0. The number of rotatable bonds is 4. The van der Waals surface area contributed by atoms with Crippen molar-refractivity contribution >= 4 is 33.0 Å². The first-order valence-electron chi connectivity index (χ1n) is 9.92.